The Morgan fingerprint density at radius 3 is 2.85 bits per heavy atom. The lowest BCUT2D eigenvalue weighted by Crippen LogP contribution is -2.39. The number of H-pyrrole nitrogens is 1. The largest absolute Gasteiger partial charge is 0.378 e. The molecule has 4 rings (SSSR count). The van der Waals surface area contributed by atoms with Gasteiger partial charge in [0.2, 0.25) is 0 Å². The Bertz CT molecular complexity index is 890. The lowest BCUT2D eigenvalue weighted by molar-refractivity contribution is 0.0690. The van der Waals surface area contributed by atoms with Gasteiger partial charge in [0.05, 0.1) is 22.3 Å². The monoisotopic (exact) mass is 369 g/mol. The van der Waals surface area contributed by atoms with Gasteiger partial charge in [-0.05, 0) is 49.3 Å². The molecule has 26 heavy (non-hydrogen) atoms. The number of hydrogen-bond acceptors (Lipinski definition) is 5. The molecule has 1 aliphatic rings. The number of aromatic amines is 1. The number of nitrogens with one attached hydrogen (secondary N) is 2. The van der Waals surface area contributed by atoms with Gasteiger partial charge in [-0.2, -0.15) is 4.37 Å². The van der Waals surface area contributed by atoms with E-state index < -0.39 is 0 Å². The summed E-state index contributed by atoms with van der Waals surface area (Å²) in [4.78, 5) is 22.9. The molecule has 0 bridgehead atoms. The highest BCUT2D eigenvalue weighted by molar-refractivity contribution is 7.10. The van der Waals surface area contributed by atoms with Crippen LogP contribution in [0.25, 0.3) is 11.0 Å². The first-order chi connectivity index (χ1) is 12.7. The molecule has 0 unspecified atom stereocenters. The number of hydrogen-bond donors (Lipinski definition) is 2. The van der Waals surface area contributed by atoms with Crippen molar-refractivity contribution in [2.24, 2.45) is 5.92 Å². The zero-order valence-electron chi connectivity index (χ0n) is 15.1. The predicted molar refractivity (Wildman–Crippen MR) is 105 cm³/mol. The average Bonchev–Trinajstić information content (AvgIpc) is 3.24. The molecule has 6 nitrogen and oxygen atoms in total. The number of piperidine rings is 1. The maximum Gasteiger partial charge on any atom is 0.258 e. The van der Waals surface area contributed by atoms with Crippen LogP contribution in [0.3, 0.4) is 0 Å². The Morgan fingerprint density at radius 1 is 1.35 bits per heavy atom. The van der Waals surface area contributed by atoms with Crippen molar-refractivity contribution >= 4 is 33.5 Å². The summed E-state index contributed by atoms with van der Waals surface area (Å²) in [7, 11) is 1.84. The van der Waals surface area contributed by atoms with Crippen LogP contribution in [0, 0.1) is 12.8 Å². The zero-order chi connectivity index (χ0) is 18.1. The Kier molecular flexibility index (Phi) is 4.63. The van der Waals surface area contributed by atoms with E-state index in [2.05, 4.69) is 25.7 Å². The van der Waals surface area contributed by atoms with E-state index in [0.717, 1.165) is 65.5 Å². The number of likely N-dealkylation sites (tertiary alicyclic amines) is 1. The number of aryl methyl sites for hydroxylation is 1. The topological polar surface area (TPSA) is 73.9 Å². The molecule has 2 N–H and O–H groups in total. The molecule has 136 valence electrons. The lowest BCUT2D eigenvalue weighted by Gasteiger charge is -2.31. The molecule has 3 heterocycles. The molecule has 1 fully saturated rings. The molecule has 3 aromatic rings. The number of para-hydroxylation sites is 2. The van der Waals surface area contributed by atoms with Crippen LogP contribution in [0.15, 0.2) is 24.3 Å². The van der Waals surface area contributed by atoms with E-state index in [4.69, 9.17) is 0 Å². The van der Waals surface area contributed by atoms with E-state index in [1.807, 2.05) is 37.1 Å². The van der Waals surface area contributed by atoms with Gasteiger partial charge in [-0.1, -0.05) is 12.1 Å². The van der Waals surface area contributed by atoms with Crippen LogP contribution < -0.4 is 5.32 Å². The highest BCUT2D eigenvalue weighted by Crippen LogP contribution is 2.28. The summed E-state index contributed by atoms with van der Waals surface area (Å²) in [5, 5.41) is 3.94. The fraction of sp³-hybridized carbons (Fsp3) is 0.421. The van der Waals surface area contributed by atoms with Gasteiger partial charge in [-0.15, -0.1) is 0 Å². The number of amides is 1. The van der Waals surface area contributed by atoms with E-state index >= 15 is 0 Å². The summed E-state index contributed by atoms with van der Waals surface area (Å²) in [6.07, 6.45) is 2.96. The number of fused-ring (bicyclic) bond motifs is 1. The molecule has 0 radical (unpaired) electrons. The van der Waals surface area contributed by atoms with Gasteiger partial charge in [0.1, 0.15) is 10.8 Å². The molecular formula is C19H23N5OS. The summed E-state index contributed by atoms with van der Waals surface area (Å²) in [5.41, 5.74) is 3.66. The normalized spacial score (nSPS) is 15.5. The fourth-order valence-electron chi connectivity index (χ4n) is 3.67. The summed E-state index contributed by atoms with van der Waals surface area (Å²) in [5.74, 6) is 1.71. The molecule has 2 aromatic heterocycles. The summed E-state index contributed by atoms with van der Waals surface area (Å²) >= 11 is 1.35. The molecule has 1 aliphatic heterocycles. The Labute approximate surface area is 156 Å². The number of anilines is 1. The van der Waals surface area contributed by atoms with Crippen molar-refractivity contribution in [3.63, 3.8) is 0 Å². The van der Waals surface area contributed by atoms with Crippen molar-refractivity contribution in [3.8, 4) is 0 Å². The molecule has 0 saturated carbocycles. The van der Waals surface area contributed by atoms with Crippen LogP contribution in [0.5, 0.6) is 0 Å². The Morgan fingerprint density at radius 2 is 2.12 bits per heavy atom. The smallest absolute Gasteiger partial charge is 0.258 e. The number of imidazole rings is 1. The van der Waals surface area contributed by atoms with Crippen molar-refractivity contribution in [2.75, 3.05) is 25.5 Å². The summed E-state index contributed by atoms with van der Waals surface area (Å²) < 4.78 is 4.31. The Hall–Kier alpha value is -2.41. The number of benzene rings is 1. The number of nitrogens with zero attached hydrogens (tertiary/aromatic N) is 3. The molecule has 0 atom stereocenters. The summed E-state index contributed by atoms with van der Waals surface area (Å²) in [6, 6.07) is 8.13. The highest BCUT2D eigenvalue weighted by atomic mass is 32.1. The minimum Gasteiger partial charge on any atom is -0.378 e. The molecule has 7 heteroatoms. The van der Waals surface area contributed by atoms with Crippen LogP contribution in [0.2, 0.25) is 0 Å². The van der Waals surface area contributed by atoms with Gasteiger partial charge < -0.3 is 15.2 Å². The third-order valence-corrected chi connectivity index (χ3v) is 6.08. The SMILES string of the molecule is CNc1snc(C)c1C(=O)N1CCC(Cc2nc3ccccc3[nH]2)CC1. The van der Waals surface area contributed by atoms with Crippen LogP contribution in [-0.4, -0.2) is 45.3 Å². The quantitative estimate of drug-likeness (QED) is 0.738. The van der Waals surface area contributed by atoms with E-state index in [1.54, 1.807) is 0 Å². The predicted octanol–water partition coefficient (Wildman–Crippen LogP) is 3.46. The van der Waals surface area contributed by atoms with Gasteiger partial charge in [-0.3, -0.25) is 4.79 Å². The fourth-order valence-corrected chi connectivity index (χ4v) is 4.40. The van der Waals surface area contributed by atoms with E-state index in [-0.39, 0.29) is 5.91 Å². The van der Waals surface area contributed by atoms with Gasteiger partial charge in [0.15, 0.2) is 0 Å². The number of rotatable bonds is 4. The second kappa shape index (κ2) is 7.07. The lowest BCUT2D eigenvalue weighted by atomic mass is 9.93. The molecule has 0 aliphatic carbocycles. The van der Waals surface area contributed by atoms with Gasteiger partial charge in [0.25, 0.3) is 5.91 Å². The third-order valence-electron chi connectivity index (χ3n) is 5.13. The van der Waals surface area contributed by atoms with Crippen molar-refractivity contribution in [2.45, 2.75) is 26.2 Å². The second-order valence-electron chi connectivity index (χ2n) is 6.86. The summed E-state index contributed by atoms with van der Waals surface area (Å²) in [6.45, 7) is 3.49. The minimum atomic E-state index is 0.0998. The van der Waals surface area contributed by atoms with Gasteiger partial charge >= 0.3 is 0 Å². The van der Waals surface area contributed by atoms with Crippen molar-refractivity contribution in [3.05, 3.63) is 41.3 Å². The van der Waals surface area contributed by atoms with Crippen molar-refractivity contribution in [1.29, 1.82) is 0 Å². The zero-order valence-corrected chi connectivity index (χ0v) is 15.9. The maximum absolute atomic E-state index is 12.9. The average molecular weight is 369 g/mol. The molecule has 0 spiro atoms. The van der Waals surface area contributed by atoms with Crippen LogP contribution >= 0.6 is 11.5 Å². The molecular weight excluding hydrogens is 346 g/mol. The minimum absolute atomic E-state index is 0.0998. The van der Waals surface area contributed by atoms with Gasteiger partial charge in [-0.25, -0.2) is 4.98 Å². The van der Waals surface area contributed by atoms with Gasteiger partial charge in [0, 0.05) is 26.6 Å². The standard InChI is InChI=1S/C19H23N5OS/c1-12-17(18(20-2)26-23-12)19(25)24-9-7-13(8-10-24)11-16-21-14-5-3-4-6-15(14)22-16/h3-6,13,20H,7-11H2,1-2H3,(H,21,22). The molecule has 1 saturated heterocycles. The van der Waals surface area contributed by atoms with E-state index in [9.17, 15) is 4.79 Å². The van der Waals surface area contributed by atoms with E-state index in [1.165, 1.54) is 11.5 Å². The maximum atomic E-state index is 12.9. The Balaban J connectivity index is 1.39. The van der Waals surface area contributed by atoms with Crippen LogP contribution in [-0.2, 0) is 6.42 Å². The van der Waals surface area contributed by atoms with Crippen molar-refractivity contribution in [1.82, 2.24) is 19.2 Å². The van der Waals surface area contributed by atoms with Crippen molar-refractivity contribution < 1.29 is 4.79 Å². The number of carbonyl (C=O) groups excluding carboxylic acids is 1. The first-order valence-electron chi connectivity index (χ1n) is 9.02. The highest BCUT2D eigenvalue weighted by Gasteiger charge is 2.28. The number of carbonyl (C=O) groups is 1. The first kappa shape index (κ1) is 17.0. The van der Waals surface area contributed by atoms with E-state index in [0.29, 0.717) is 5.92 Å². The molecule has 1 aromatic carbocycles. The number of aromatic nitrogens is 3. The third kappa shape index (κ3) is 3.19. The van der Waals surface area contributed by atoms with Crippen LogP contribution in [0.4, 0.5) is 5.00 Å². The first-order valence-corrected chi connectivity index (χ1v) is 9.80. The van der Waals surface area contributed by atoms with Crippen LogP contribution in [0.1, 0.15) is 34.7 Å². The molecule has 1 amide bonds. The second-order valence-corrected chi connectivity index (χ2v) is 7.64.